The fraction of sp³-hybridized carbons (Fsp3) is 0.222. The molecule has 0 atom stereocenters. The van der Waals surface area contributed by atoms with E-state index in [4.69, 9.17) is 0 Å². The second-order valence-electron chi connectivity index (χ2n) is 5.00. The second kappa shape index (κ2) is 8.90. The van der Waals surface area contributed by atoms with Crippen LogP contribution in [0.5, 0.6) is 0 Å². The molecular formula is C18H20N2O2S. The first-order valence-electron chi connectivity index (χ1n) is 7.49. The van der Waals surface area contributed by atoms with E-state index in [2.05, 4.69) is 11.9 Å². The van der Waals surface area contributed by atoms with Gasteiger partial charge in [-0.3, -0.25) is 9.59 Å². The first-order valence-corrected chi connectivity index (χ1v) is 8.43. The van der Waals surface area contributed by atoms with Gasteiger partial charge < -0.3 is 10.2 Å². The number of nitrogens with one attached hydrogen (secondary N) is 1. The van der Waals surface area contributed by atoms with E-state index in [0.717, 1.165) is 5.69 Å². The number of rotatable bonds is 8. The SMILES string of the molecule is C=CCN(C(=O)CCCNC(=O)c1ccsc1)c1ccccc1. The number of carbonyl (C=O) groups is 2. The van der Waals surface area contributed by atoms with Crippen molar-refractivity contribution in [2.24, 2.45) is 0 Å². The Morgan fingerprint density at radius 1 is 1.22 bits per heavy atom. The molecular weight excluding hydrogens is 308 g/mol. The Balaban J connectivity index is 1.80. The van der Waals surface area contributed by atoms with E-state index in [1.165, 1.54) is 11.3 Å². The Labute approximate surface area is 140 Å². The number of hydrogen-bond donors (Lipinski definition) is 1. The zero-order valence-electron chi connectivity index (χ0n) is 12.9. The standard InChI is InChI=1S/C18H20N2O2S/c1-2-12-20(16-7-4-3-5-8-16)17(21)9-6-11-19-18(22)15-10-13-23-14-15/h2-5,7-8,10,13-14H,1,6,9,11-12H2,(H,19,22). The molecule has 0 aliphatic heterocycles. The number of nitrogens with zero attached hydrogens (tertiary/aromatic N) is 1. The zero-order valence-corrected chi connectivity index (χ0v) is 13.7. The quantitative estimate of drug-likeness (QED) is 0.596. The predicted molar refractivity (Wildman–Crippen MR) is 94.9 cm³/mol. The number of para-hydroxylation sites is 1. The van der Waals surface area contributed by atoms with Gasteiger partial charge in [-0.25, -0.2) is 0 Å². The van der Waals surface area contributed by atoms with Crippen LogP contribution >= 0.6 is 11.3 Å². The molecule has 1 aromatic heterocycles. The van der Waals surface area contributed by atoms with Crippen molar-refractivity contribution in [3.05, 3.63) is 65.4 Å². The van der Waals surface area contributed by atoms with Gasteiger partial charge in [0.05, 0.1) is 0 Å². The monoisotopic (exact) mass is 328 g/mol. The third-order valence-corrected chi connectivity index (χ3v) is 4.00. The topological polar surface area (TPSA) is 49.4 Å². The average Bonchev–Trinajstić information content (AvgIpc) is 3.11. The Hall–Kier alpha value is -2.40. The molecule has 0 fully saturated rings. The summed E-state index contributed by atoms with van der Waals surface area (Å²) in [7, 11) is 0. The smallest absolute Gasteiger partial charge is 0.252 e. The second-order valence-corrected chi connectivity index (χ2v) is 5.78. The summed E-state index contributed by atoms with van der Waals surface area (Å²) in [6.45, 7) is 4.67. The minimum atomic E-state index is -0.0929. The number of amides is 2. The van der Waals surface area contributed by atoms with Gasteiger partial charge in [0.15, 0.2) is 0 Å². The molecule has 1 N–H and O–H groups in total. The zero-order chi connectivity index (χ0) is 16.5. The lowest BCUT2D eigenvalue weighted by atomic mass is 10.2. The van der Waals surface area contributed by atoms with Crippen molar-refractivity contribution in [1.82, 2.24) is 5.32 Å². The fourth-order valence-corrected chi connectivity index (χ4v) is 2.80. The van der Waals surface area contributed by atoms with Crippen LogP contribution < -0.4 is 10.2 Å². The summed E-state index contributed by atoms with van der Waals surface area (Å²) < 4.78 is 0. The summed E-state index contributed by atoms with van der Waals surface area (Å²) in [6, 6.07) is 11.3. The van der Waals surface area contributed by atoms with Crippen LogP contribution in [0.4, 0.5) is 5.69 Å². The molecule has 0 radical (unpaired) electrons. The lowest BCUT2D eigenvalue weighted by Crippen LogP contribution is -2.32. The van der Waals surface area contributed by atoms with E-state index in [0.29, 0.717) is 31.5 Å². The van der Waals surface area contributed by atoms with Crippen molar-refractivity contribution in [1.29, 1.82) is 0 Å². The van der Waals surface area contributed by atoms with Gasteiger partial charge in [0.25, 0.3) is 5.91 Å². The normalized spacial score (nSPS) is 10.1. The highest BCUT2D eigenvalue weighted by Crippen LogP contribution is 2.15. The molecule has 0 spiro atoms. The summed E-state index contributed by atoms with van der Waals surface area (Å²) in [4.78, 5) is 25.9. The average molecular weight is 328 g/mol. The Bertz CT molecular complexity index is 638. The number of benzene rings is 1. The van der Waals surface area contributed by atoms with Crippen molar-refractivity contribution >= 4 is 28.8 Å². The molecule has 4 nitrogen and oxygen atoms in total. The summed E-state index contributed by atoms with van der Waals surface area (Å²) >= 11 is 1.49. The van der Waals surface area contributed by atoms with Crippen molar-refractivity contribution in [3.8, 4) is 0 Å². The maximum absolute atomic E-state index is 12.4. The lowest BCUT2D eigenvalue weighted by Gasteiger charge is -2.21. The molecule has 0 bridgehead atoms. The van der Waals surface area contributed by atoms with Gasteiger partial charge in [-0.05, 0) is 30.0 Å². The predicted octanol–water partition coefficient (Wildman–Crippen LogP) is 3.48. The summed E-state index contributed by atoms with van der Waals surface area (Å²) in [6.07, 6.45) is 2.70. The largest absolute Gasteiger partial charge is 0.352 e. The number of anilines is 1. The van der Waals surface area contributed by atoms with Crippen molar-refractivity contribution in [2.45, 2.75) is 12.8 Å². The highest BCUT2D eigenvalue weighted by Gasteiger charge is 2.14. The lowest BCUT2D eigenvalue weighted by molar-refractivity contribution is -0.118. The van der Waals surface area contributed by atoms with Gasteiger partial charge in [0, 0.05) is 36.1 Å². The molecule has 0 saturated carbocycles. The fourth-order valence-electron chi connectivity index (χ4n) is 2.16. The van der Waals surface area contributed by atoms with Crippen molar-refractivity contribution < 1.29 is 9.59 Å². The Morgan fingerprint density at radius 2 is 2.00 bits per heavy atom. The summed E-state index contributed by atoms with van der Waals surface area (Å²) in [5.74, 6) is -0.0643. The molecule has 0 unspecified atom stereocenters. The highest BCUT2D eigenvalue weighted by molar-refractivity contribution is 7.08. The Morgan fingerprint density at radius 3 is 2.65 bits per heavy atom. The van der Waals surface area contributed by atoms with Crippen molar-refractivity contribution in [3.63, 3.8) is 0 Å². The number of thiophene rings is 1. The highest BCUT2D eigenvalue weighted by atomic mass is 32.1. The van der Waals surface area contributed by atoms with Crippen LogP contribution in [0, 0.1) is 0 Å². The summed E-state index contributed by atoms with van der Waals surface area (Å²) in [5, 5.41) is 6.50. The van der Waals surface area contributed by atoms with Gasteiger partial charge in [0.1, 0.15) is 0 Å². The molecule has 0 saturated heterocycles. The van der Waals surface area contributed by atoms with Crippen LogP contribution in [-0.4, -0.2) is 24.9 Å². The molecule has 0 aliphatic rings. The molecule has 120 valence electrons. The van der Waals surface area contributed by atoms with Gasteiger partial charge in [0.2, 0.25) is 5.91 Å². The summed E-state index contributed by atoms with van der Waals surface area (Å²) in [5.41, 5.74) is 1.53. The van der Waals surface area contributed by atoms with Gasteiger partial charge in [-0.1, -0.05) is 24.3 Å². The van der Waals surface area contributed by atoms with Crippen LogP contribution in [0.15, 0.2) is 59.8 Å². The van der Waals surface area contributed by atoms with E-state index in [-0.39, 0.29) is 11.8 Å². The molecule has 23 heavy (non-hydrogen) atoms. The van der Waals surface area contributed by atoms with Crippen LogP contribution in [0.1, 0.15) is 23.2 Å². The van der Waals surface area contributed by atoms with Crippen LogP contribution in [0.2, 0.25) is 0 Å². The van der Waals surface area contributed by atoms with Gasteiger partial charge in [-0.2, -0.15) is 11.3 Å². The first kappa shape index (κ1) is 17.0. The number of hydrogen-bond acceptors (Lipinski definition) is 3. The van der Waals surface area contributed by atoms with Crippen LogP contribution in [0.25, 0.3) is 0 Å². The molecule has 5 heteroatoms. The molecule has 2 amide bonds. The van der Waals surface area contributed by atoms with Crippen molar-refractivity contribution in [2.75, 3.05) is 18.0 Å². The van der Waals surface area contributed by atoms with E-state index in [9.17, 15) is 9.59 Å². The number of carbonyl (C=O) groups excluding carboxylic acids is 2. The Kier molecular flexibility index (Phi) is 6.56. The first-order chi connectivity index (χ1) is 11.2. The van der Waals surface area contributed by atoms with E-state index in [1.54, 1.807) is 17.0 Å². The van der Waals surface area contributed by atoms with E-state index < -0.39 is 0 Å². The molecule has 0 aliphatic carbocycles. The molecule has 1 aromatic carbocycles. The molecule has 2 rings (SSSR count). The van der Waals surface area contributed by atoms with Crippen LogP contribution in [0.3, 0.4) is 0 Å². The van der Waals surface area contributed by atoms with Crippen LogP contribution in [-0.2, 0) is 4.79 Å². The minimum absolute atomic E-state index is 0.0286. The van der Waals surface area contributed by atoms with E-state index in [1.807, 2.05) is 41.1 Å². The molecule has 2 aromatic rings. The molecule has 1 heterocycles. The maximum atomic E-state index is 12.4. The minimum Gasteiger partial charge on any atom is -0.352 e. The third-order valence-electron chi connectivity index (χ3n) is 3.32. The van der Waals surface area contributed by atoms with Gasteiger partial charge in [-0.15, -0.1) is 6.58 Å². The third kappa shape index (κ3) is 5.07. The maximum Gasteiger partial charge on any atom is 0.252 e. The van der Waals surface area contributed by atoms with E-state index >= 15 is 0 Å². The van der Waals surface area contributed by atoms with Gasteiger partial charge >= 0.3 is 0 Å².